The number of carbonyl (C=O) groups is 1. The number of carboxylic acids is 1. The summed E-state index contributed by atoms with van der Waals surface area (Å²) < 4.78 is 27.4. The third kappa shape index (κ3) is 11.0. The maximum absolute atomic E-state index is 9.74. The molecule has 0 aliphatic heterocycles. The van der Waals surface area contributed by atoms with Crippen molar-refractivity contribution in [2.45, 2.75) is 0 Å². The fraction of sp³-hybridized carbons (Fsp3) is 0. The van der Waals surface area contributed by atoms with Gasteiger partial charge in [0.25, 0.3) is 10.1 Å². The molecule has 0 saturated carbocycles. The summed E-state index contributed by atoms with van der Waals surface area (Å²) in [4.78, 5) is 9.58. The molecular weight excluding hydrogens is 171 g/mol. The van der Waals surface area contributed by atoms with Gasteiger partial charge in [-0.05, 0) is 0 Å². The fourth-order valence-corrected chi connectivity index (χ4v) is 0.433. The first-order valence-electron chi connectivity index (χ1n) is 1.80. The topological polar surface area (TPSA) is 91.7 Å². The second-order valence-corrected chi connectivity index (χ2v) is 2.46. The summed E-state index contributed by atoms with van der Waals surface area (Å²) in [5, 5.41) is 8.00. The van der Waals surface area contributed by atoms with Crippen molar-refractivity contribution in [2.75, 3.05) is 0 Å². The number of carboxylic acid groups (broad SMARTS) is 1. The SMILES string of the molecule is O=C(O)C=CS(=O)(=O)O.[NaH]. The van der Waals surface area contributed by atoms with Crippen molar-refractivity contribution in [2.24, 2.45) is 0 Å². The molecule has 0 saturated heterocycles. The van der Waals surface area contributed by atoms with Crippen molar-refractivity contribution in [3.05, 3.63) is 11.5 Å². The number of aliphatic carboxylic acids is 1. The van der Waals surface area contributed by atoms with Gasteiger partial charge >= 0.3 is 35.5 Å². The first kappa shape index (κ1) is 12.8. The minimum absolute atomic E-state index is 0. The summed E-state index contributed by atoms with van der Waals surface area (Å²) in [5.74, 6) is -1.42. The van der Waals surface area contributed by atoms with Crippen molar-refractivity contribution in [3.8, 4) is 0 Å². The van der Waals surface area contributed by atoms with Gasteiger partial charge in [-0.15, -0.1) is 0 Å². The Labute approximate surface area is 79.8 Å². The standard InChI is InChI=1S/C3H4O5S.Na.H/c4-3(5)1-2-9(6,7)8;;/h1-2H,(H,4,5)(H,6,7,8);;. The van der Waals surface area contributed by atoms with Crippen molar-refractivity contribution in [1.29, 1.82) is 0 Å². The van der Waals surface area contributed by atoms with E-state index < -0.39 is 16.1 Å². The molecular formula is C3H5NaO5S. The first-order valence-corrected chi connectivity index (χ1v) is 3.30. The van der Waals surface area contributed by atoms with E-state index in [-0.39, 0.29) is 35.0 Å². The molecule has 0 atom stereocenters. The Morgan fingerprint density at radius 1 is 1.40 bits per heavy atom. The van der Waals surface area contributed by atoms with Gasteiger partial charge in [0.2, 0.25) is 0 Å². The van der Waals surface area contributed by atoms with Gasteiger partial charge in [-0.2, -0.15) is 8.42 Å². The van der Waals surface area contributed by atoms with Crippen LogP contribution in [0.25, 0.3) is 0 Å². The van der Waals surface area contributed by atoms with Gasteiger partial charge in [-0.1, -0.05) is 0 Å². The molecule has 0 aliphatic carbocycles. The molecule has 0 aliphatic rings. The predicted molar refractivity (Wildman–Crippen MR) is 35.5 cm³/mol. The molecule has 7 heteroatoms. The summed E-state index contributed by atoms with van der Waals surface area (Å²) in [6.07, 6.45) is 0.329. The van der Waals surface area contributed by atoms with Crippen molar-refractivity contribution >= 4 is 45.6 Å². The predicted octanol–water partition coefficient (Wildman–Crippen LogP) is -1.18. The van der Waals surface area contributed by atoms with E-state index in [4.69, 9.17) is 9.66 Å². The third-order valence-corrected chi connectivity index (χ3v) is 0.863. The van der Waals surface area contributed by atoms with Crippen LogP contribution in [0.2, 0.25) is 0 Å². The molecule has 0 aromatic carbocycles. The Morgan fingerprint density at radius 3 is 1.90 bits per heavy atom. The van der Waals surface area contributed by atoms with Crippen LogP contribution in [0.1, 0.15) is 0 Å². The second-order valence-electron chi connectivity index (χ2n) is 1.16. The third-order valence-electron chi connectivity index (χ3n) is 0.383. The van der Waals surface area contributed by atoms with Gasteiger partial charge in [0.05, 0.1) is 5.41 Å². The summed E-state index contributed by atoms with van der Waals surface area (Å²) in [7, 11) is -4.28. The van der Waals surface area contributed by atoms with Crippen LogP contribution in [0.15, 0.2) is 11.5 Å². The molecule has 0 rings (SSSR count). The van der Waals surface area contributed by atoms with Crippen LogP contribution < -0.4 is 0 Å². The molecule has 0 aromatic heterocycles. The fourth-order valence-electron chi connectivity index (χ4n) is 0.144. The molecule has 0 heterocycles. The van der Waals surface area contributed by atoms with E-state index in [2.05, 4.69) is 0 Å². The van der Waals surface area contributed by atoms with Crippen LogP contribution in [0, 0.1) is 0 Å². The van der Waals surface area contributed by atoms with Gasteiger partial charge in [-0.25, -0.2) is 4.79 Å². The van der Waals surface area contributed by atoms with E-state index in [1.807, 2.05) is 0 Å². The zero-order chi connectivity index (χ0) is 7.49. The van der Waals surface area contributed by atoms with E-state index in [9.17, 15) is 13.2 Å². The maximum atomic E-state index is 9.74. The van der Waals surface area contributed by atoms with Crippen molar-refractivity contribution in [3.63, 3.8) is 0 Å². The van der Waals surface area contributed by atoms with Crippen LogP contribution in [-0.2, 0) is 14.9 Å². The Balaban J connectivity index is 0. The van der Waals surface area contributed by atoms with E-state index in [1.165, 1.54) is 0 Å². The van der Waals surface area contributed by atoms with E-state index in [1.54, 1.807) is 0 Å². The Kier molecular flexibility index (Phi) is 6.21. The molecule has 0 fully saturated rings. The Hall–Kier alpha value is 0.120. The molecule has 2 N–H and O–H groups in total. The summed E-state index contributed by atoms with van der Waals surface area (Å²) in [6, 6.07) is 0. The molecule has 0 spiro atoms. The molecule has 0 radical (unpaired) electrons. The van der Waals surface area contributed by atoms with Gasteiger partial charge < -0.3 is 5.11 Å². The number of hydrogen-bond acceptors (Lipinski definition) is 3. The van der Waals surface area contributed by atoms with E-state index in [0.29, 0.717) is 6.08 Å². The summed E-state index contributed by atoms with van der Waals surface area (Å²) >= 11 is 0. The van der Waals surface area contributed by atoms with Gasteiger partial charge in [0.1, 0.15) is 0 Å². The summed E-state index contributed by atoms with van der Waals surface area (Å²) in [6.45, 7) is 0. The number of hydrogen-bond donors (Lipinski definition) is 2. The monoisotopic (exact) mass is 176 g/mol. The zero-order valence-electron chi connectivity index (χ0n) is 4.18. The molecule has 0 amide bonds. The normalized spacial score (nSPS) is 10.9. The Bertz CT molecular complexity index is 227. The zero-order valence-corrected chi connectivity index (χ0v) is 5.00. The van der Waals surface area contributed by atoms with Crippen LogP contribution >= 0.6 is 0 Å². The molecule has 0 bridgehead atoms. The molecule has 0 unspecified atom stereocenters. The number of rotatable bonds is 2. The van der Waals surface area contributed by atoms with Gasteiger partial charge in [-0.3, -0.25) is 4.55 Å². The van der Waals surface area contributed by atoms with Crippen molar-refractivity contribution < 1.29 is 22.9 Å². The van der Waals surface area contributed by atoms with Gasteiger partial charge in [0.15, 0.2) is 0 Å². The molecule has 0 aromatic rings. The van der Waals surface area contributed by atoms with Crippen molar-refractivity contribution in [1.82, 2.24) is 0 Å². The average Bonchev–Trinajstić information content (AvgIpc) is 1.59. The van der Waals surface area contributed by atoms with E-state index >= 15 is 0 Å². The molecule has 5 nitrogen and oxygen atoms in total. The van der Waals surface area contributed by atoms with Gasteiger partial charge in [0, 0.05) is 6.08 Å². The quantitative estimate of drug-likeness (QED) is 0.314. The van der Waals surface area contributed by atoms with Crippen LogP contribution in [0.4, 0.5) is 0 Å². The first-order chi connectivity index (χ1) is 3.92. The van der Waals surface area contributed by atoms with Crippen LogP contribution in [-0.4, -0.2) is 53.6 Å². The average molecular weight is 176 g/mol. The summed E-state index contributed by atoms with van der Waals surface area (Å²) in [5.41, 5.74) is 0. The minimum atomic E-state index is -4.28. The van der Waals surface area contributed by atoms with Crippen LogP contribution in [0.3, 0.4) is 0 Å². The molecule has 10 heavy (non-hydrogen) atoms. The Morgan fingerprint density at radius 2 is 1.80 bits per heavy atom. The van der Waals surface area contributed by atoms with E-state index in [0.717, 1.165) is 0 Å². The second kappa shape index (κ2) is 4.86. The van der Waals surface area contributed by atoms with Crippen LogP contribution in [0.5, 0.6) is 0 Å². The molecule has 54 valence electrons.